The van der Waals surface area contributed by atoms with Crippen molar-refractivity contribution in [1.82, 2.24) is 19.6 Å². The lowest BCUT2D eigenvalue weighted by Gasteiger charge is -2.34. The lowest BCUT2D eigenvalue weighted by Crippen LogP contribution is -2.48. The fraction of sp³-hybridized carbons (Fsp3) is 0.286. The molecule has 0 N–H and O–H groups in total. The zero-order valence-electron chi connectivity index (χ0n) is 16.2. The van der Waals surface area contributed by atoms with Gasteiger partial charge in [0.05, 0.1) is 11.4 Å². The third-order valence-corrected chi connectivity index (χ3v) is 7.45. The Labute approximate surface area is 194 Å². The Hall–Kier alpha value is -1.71. The van der Waals surface area contributed by atoms with Gasteiger partial charge in [0.1, 0.15) is 0 Å². The fourth-order valence-corrected chi connectivity index (χ4v) is 5.79. The van der Waals surface area contributed by atoms with Crippen LogP contribution in [0.25, 0.3) is 5.69 Å². The summed E-state index contributed by atoms with van der Waals surface area (Å²) in [6.07, 6.45) is 0. The molecule has 1 aliphatic rings. The van der Waals surface area contributed by atoms with Gasteiger partial charge in [0, 0.05) is 37.7 Å². The molecular weight excluding hydrogens is 456 g/mol. The van der Waals surface area contributed by atoms with E-state index < -0.39 is 0 Å². The molecule has 1 saturated heterocycles. The van der Waals surface area contributed by atoms with Gasteiger partial charge in [0.2, 0.25) is 5.91 Å². The number of benzene rings is 2. The molecule has 2 heterocycles. The lowest BCUT2D eigenvalue weighted by molar-refractivity contribution is -0.130. The summed E-state index contributed by atoms with van der Waals surface area (Å²) in [7, 11) is 0. The number of hydrogen-bond donors (Lipinski definition) is 0. The van der Waals surface area contributed by atoms with Gasteiger partial charge in [-0.2, -0.15) is 0 Å². The summed E-state index contributed by atoms with van der Waals surface area (Å²) >= 11 is 14.4. The minimum absolute atomic E-state index is 0.148. The Morgan fingerprint density at radius 2 is 1.87 bits per heavy atom. The quantitative estimate of drug-likeness (QED) is 0.379. The predicted octanol–water partition coefficient (Wildman–Crippen LogP) is 4.75. The molecule has 0 saturated carbocycles. The van der Waals surface area contributed by atoms with Crippen molar-refractivity contribution in [2.45, 2.75) is 10.9 Å². The summed E-state index contributed by atoms with van der Waals surface area (Å²) in [6.45, 7) is 4.08. The maximum absolute atomic E-state index is 12.7. The number of hydrogen-bond acceptors (Lipinski definition) is 6. The molecule has 5 nitrogen and oxygen atoms in total. The van der Waals surface area contributed by atoms with Gasteiger partial charge in [-0.15, -0.1) is 5.10 Å². The summed E-state index contributed by atoms with van der Waals surface area (Å²) in [4.78, 5) is 17.0. The molecule has 1 fully saturated rings. The van der Waals surface area contributed by atoms with Crippen LogP contribution in [-0.2, 0) is 11.3 Å². The zero-order valence-corrected chi connectivity index (χ0v) is 19.4. The van der Waals surface area contributed by atoms with E-state index in [9.17, 15) is 4.79 Å². The number of thioether (sulfide) groups is 1. The van der Waals surface area contributed by atoms with E-state index in [2.05, 4.69) is 16.1 Å². The second kappa shape index (κ2) is 10.1. The molecule has 0 bridgehead atoms. The van der Waals surface area contributed by atoms with Gasteiger partial charge in [-0.05, 0) is 42.0 Å². The molecule has 0 atom stereocenters. The summed E-state index contributed by atoms with van der Waals surface area (Å²) in [6, 6.07) is 17.8. The maximum atomic E-state index is 12.7. The Bertz CT molecular complexity index is 1060. The van der Waals surface area contributed by atoms with Crippen molar-refractivity contribution in [3.8, 4) is 5.69 Å². The van der Waals surface area contributed by atoms with Crippen LogP contribution in [0.4, 0.5) is 0 Å². The molecule has 9 heteroatoms. The molecule has 0 spiro atoms. The van der Waals surface area contributed by atoms with E-state index in [1.165, 1.54) is 28.7 Å². The van der Waals surface area contributed by atoms with E-state index in [-0.39, 0.29) is 5.91 Å². The van der Waals surface area contributed by atoms with Crippen molar-refractivity contribution in [1.29, 1.82) is 0 Å². The van der Waals surface area contributed by atoms with Crippen LogP contribution < -0.4 is 0 Å². The molecule has 30 heavy (non-hydrogen) atoms. The first kappa shape index (κ1) is 21.5. The van der Waals surface area contributed by atoms with Gasteiger partial charge in [0.25, 0.3) is 0 Å². The highest BCUT2D eigenvalue weighted by molar-refractivity contribution is 8.01. The summed E-state index contributed by atoms with van der Waals surface area (Å²) in [5.41, 5.74) is 2.14. The minimum atomic E-state index is 0.148. The van der Waals surface area contributed by atoms with E-state index in [4.69, 9.17) is 23.8 Å². The van der Waals surface area contributed by atoms with Crippen molar-refractivity contribution in [2.24, 2.45) is 0 Å². The number of piperazine rings is 1. The fourth-order valence-electron chi connectivity index (χ4n) is 3.32. The summed E-state index contributed by atoms with van der Waals surface area (Å²) < 4.78 is 3.25. The van der Waals surface area contributed by atoms with Crippen LogP contribution in [0.5, 0.6) is 0 Å². The molecule has 4 rings (SSSR count). The van der Waals surface area contributed by atoms with E-state index in [1.54, 1.807) is 4.68 Å². The van der Waals surface area contributed by atoms with Crippen LogP contribution in [0.2, 0.25) is 5.02 Å². The van der Waals surface area contributed by atoms with Crippen LogP contribution in [0.3, 0.4) is 0 Å². The highest BCUT2D eigenvalue weighted by Crippen LogP contribution is 2.24. The molecule has 0 aliphatic carbocycles. The SMILES string of the molecule is O=C(CSc1nn(-c2ccccc2)c(=S)s1)N1CCN(Cc2cccc(Cl)c2)CC1. The van der Waals surface area contributed by atoms with E-state index in [1.807, 2.05) is 53.4 Å². The number of para-hydroxylation sites is 1. The lowest BCUT2D eigenvalue weighted by atomic mass is 10.2. The maximum Gasteiger partial charge on any atom is 0.233 e. The first-order valence-electron chi connectivity index (χ1n) is 9.61. The highest BCUT2D eigenvalue weighted by Gasteiger charge is 2.21. The van der Waals surface area contributed by atoms with Crippen LogP contribution in [-0.4, -0.2) is 57.4 Å². The number of aromatic nitrogens is 2. The number of nitrogens with zero attached hydrogens (tertiary/aromatic N) is 4. The molecular formula is C21H21ClN4OS3. The molecule has 1 aliphatic heterocycles. The number of carbonyl (C=O) groups excluding carboxylic acids is 1. The third-order valence-electron chi connectivity index (χ3n) is 4.87. The number of amides is 1. The van der Waals surface area contributed by atoms with Crippen LogP contribution in [0, 0.1) is 3.95 Å². The first-order valence-corrected chi connectivity index (χ1v) is 12.2. The molecule has 1 aromatic heterocycles. The molecule has 3 aromatic rings. The van der Waals surface area contributed by atoms with Crippen molar-refractivity contribution in [3.63, 3.8) is 0 Å². The van der Waals surface area contributed by atoms with Gasteiger partial charge in [-0.3, -0.25) is 9.69 Å². The third kappa shape index (κ3) is 5.50. The Morgan fingerprint density at radius 1 is 1.10 bits per heavy atom. The van der Waals surface area contributed by atoms with Crippen molar-refractivity contribution in [3.05, 3.63) is 69.1 Å². The molecule has 0 unspecified atom stereocenters. The van der Waals surface area contributed by atoms with Crippen LogP contribution >= 0.6 is 46.9 Å². The normalized spacial score (nSPS) is 14.8. The van der Waals surface area contributed by atoms with Crippen molar-refractivity contribution in [2.75, 3.05) is 31.9 Å². The predicted molar refractivity (Wildman–Crippen MR) is 126 cm³/mol. The van der Waals surface area contributed by atoms with Crippen molar-refractivity contribution >= 4 is 52.8 Å². The Balaban J connectivity index is 1.27. The zero-order chi connectivity index (χ0) is 20.9. The monoisotopic (exact) mass is 476 g/mol. The smallest absolute Gasteiger partial charge is 0.233 e. The van der Waals surface area contributed by atoms with E-state index >= 15 is 0 Å². The number of rotatable bonds is 6. The summed E-state index contributed by atoms with van der Waals surface area (Å²) in [5, 5.41) is 5.33. The average molecular weight is 477 g/mol. The number of halogens is 1. The molecule has 1 amide bonds. The average Bonchev–Trinajstić information content (AvgIpc) is 3.14. The molecule has 2 aromatic carbocycles. The standard InChI is InChI=1S/C21H21ClN4OS3/c22-17-6-4-5-16(13-17)14-24-9-11-25(12-10-24)19(27)15-29-20-23-26(21(28)30-20)18-7-2-1-3-8-18/h1-8,13H,9-12,14-15H2. The van der Waals surface area contributed by atoms with Crippen LogP contribution in [0.15, 0.2) is 58.9 Å². The Kier molecular flexibility index (Phi) is 7.22. The van der Waals surface area contributed by atoms with Crippen molar-refractivity contribution < 1.29 is 4.79 Å². The van der Waals surface area contributed by atoms with Gasteiger partial charge in [-0.1, -0.05) is 65.0 Å². The largest absolute Gasteiger partial charge is 0.339 e. The van der Waals surface area contributed by atoms with Gasteiger partial charge >= 0.3 is 0 Å². The summed E-state index contributed by atoms with van der Waals surface area (Å²) in [5.74, 6) is 0.528. The first-order chi connectivity index (χ1) is 14.6. The second-order valence-electron chi connectivity index (χ2n) is 6.96. The topological polar surface area (TPSA) is 41.4 Å². The highest BCUT2D eigenvalue weighted by atomic mass is 35.5. The van der Waals surface area contributed by atoms with Gasteiger partial charge in [-0.25, -0.2) is 4.68 Å². The second-order valence-corrected chi connectivity index (χ2v) is 10.2. The Morgan fingerprint density at radius 3 is 2.60 bits per heavy atom. The van der Waals surface area contributed by atoms with Crippen LogP contribution in [0.1, 0.15) is 5.56 Å². The minimum Gasteiger partial charge on any atom is -0.339 e. The number of carbonyl (C=O) groups is 1. The molecule has 156 valence electrons. The van der Waals surface area contributed by atoms with E-state index in [0.717, 1.165) is 47.8 Å². The van der Waals surface area contributed by atoms with Gasteiger partial charge in [0.15, 0.2) is 8.29 Å². The van der Waals surface area contributed by atoms with Gasteiger partial charge < -0.3 is 4.90 Å². The molecule has 0 radical (unpaired) electrons. The van der Waals surface area contributed by atoms with E-state index in [0.29, 0.717) is 9.71 Å².